The Labute approximate surface area is 166 Å². The molecule has 0 unspecified atom stereocenters. The van der Waals surface area contributed by atoms with Crippen molar-refractivity contribution >= 4 is 33.4 Å². The number of aromatic nitrogens is 3. The first-order valence-corrected chi connectivity index (χ1v) is 9.21. The first-order valence-electron chi connectivity index (χ1n) is 8.41. The molecule has 0 amide bonds. The van der Waals surface area contributed by atoms with Crippen molar-refractivity contribution in [2.75, 3.05) is 37.8 Å². The van der Waals surface area contributed by atoms with Gasteiger partial charge in [-0.05, 0) is 60.4 Å². The monoisotopic (exact) mass is 430 g/mol. The smallest absolute Gasteiger partial charge is 0.225 e. The highest BCUT2D eigenvalue weighted by Gasteiger charge is 2.09. The summed E-state index contributed by atoms with van der Waals surface area (Å²) in [4.78, 5) is 15.3. The van der Waals surface area contributed by atoms with Crippen molar-refractivity contribution in [1.29, 1.82) is 0 Å². The SMILES string of the molecule is CN(C)CCNc1nc(Nc2ccc(Br)c(F)c2)cc(-c2cccnc2)n1. The number of hydrogen-bond acceptors (Lipinski definition) is 6. The number of hydrogen-bond donors (Lipinski definition) is 2. The molecule has 0 aliphatic heterocycles. The summed E-state index contributed by atoms with van der Waals surface area (Å²) in [5.74, 6) is 0.724. The topological polar surface area (TPSA) is 66.0 Å². The molecule has 1 aromatic carbocycles. The predicted octanol–water partition coefficient (Wildman–Crippen LogP) is 4.16. The van der Waals surface area contributed by atoms with Gasteiger partial charge in [-0.3, -0.25) is 4.98 Å². The summed E-state index contributed by atoms with van der Waals surface area (Å²) in [7, 11) is 4.01. The van der Waals surface area contributed by atoms with Gasteiger partial charge in [0, 0.05) is 42.8 Å². The highest BCUT2D eigenvalue weighted by atomic mass is 79.9. The maximum Gasteiger partial charge on any atom is 0.225 e. The molecule has 0 fully saturated rings. The molecule has 3 rings (SSSR count). The highest BCUT2D eigenvalue weighted by molar-refractivity contribution is 9.10. The Balaban J connectivity index is 1.90. The van der Waals surface area contributed by atoms with Gasteiger partial charge in [0.2, 0.25) is 5.95 Å². The molecule has 0 saturated heterocycles. The lowest BCUT2D eigenvalue weighted by molar-refractivity contribution is 0.425. The third-order valence-electron chi connectivity index (χ3n) is 3.72. The summed E-state index contributed by atoms with van der Waals surface area (Å²) >= 11 is 3.16. The molecule has 0 saturated carbocycles. The van der Waals surface area contributed by atoms with Gasteiger partial charge in [-0.2, -0.15) is 4.98 Å². The molecule has 2 heterocycles. The van der Waals surface area contributed by atoms with E-state index in [2.05, 4.69) is 46.4 Å². The first-order chi connectivity index (χ1) is 13.0. The van der Waals surface area contributed by atoms with Crippen molar-refractivity contribution in [2.45, 2.75) is 0 Å². The average Bonchev–Trinajstić information content (AvgIpc) is 2.65. The van der Waals surface area contributed by atoms with Crippen molar-refractivity contribution in [3.8, 4) is 11.3 Å². The summed E-state index contributed by atoms with van der Waals surface area (Å²) in [5.41, 5.74) is 2.21. The van der Waals surface area contributed by atoms with E-state index >= 15 is 0 Å². The van der Waals surface area contributed by atoms with Crippen molar-refractivity contribution in [1.82, 2.24) is 19.9 Å². The summed E-state index contributed by atoms with van der Waals surface area (Å²) in [5, 5.41) is 6.37. The van der Waals surface area contributed by atoms with E-state index in [1.54, 1.807) is 24.5 Å². The van der Waals surface area contributed by atoms with E-state index in [4.69, 9.17) is 0 Å². The molecule has 2 N–H and O–H groups in total. The quantitative estimate of drug-likeness (QED) is 0.586. The fourth-order valence-corrected chi connectivity index (χ4v) is 2.61. The van der Waals surface area contributed by atoms with E-state index in [1.807, 2.05) is 32.3 Å². The van der Waals surface area contributed by atoms with E-state index in [9.17, 15) is 4.39 Å². The molecule has 2 aromatic heterocycles. The zero-order chi connectivity index (χ0) is 19.2. The minimum absolute atomic E-state index is 0.342. The molecule has 0 aliphatic rings. The van der Waals surface area contributed by atoms with Gasteiger partial charge in [-0.25, -0.2) is 9.37 Å². The molecule has 140 valence electrons. The van der Waals surface area contributed by atoms with Gasteiger partial charge < -0.3 is 15.5 Å². The fraction of sp³-hybridized carbons (Fsp3) is 0.211. The van der Waals surface area contributed by atoms with Gasteiger partial charge in [0.25, 0.3) is 0 Å². The largest absolute Gasteiger partial charge is 0.353 e. The molecule has 6 nitrogen and oxygen atoms in total. The predicted molar refractivity (Wildman–Crippen MR) is 110 cm³/mol. The third kappa shape index (κ3) is 5.45. The number of likely N-dealkylation sites (N-methyl/N-ethyl adjacent to an activating group) is 1. The van der Waals surface area contributed by atoms with E-state index in [1.165, 1.54) is 6.07 Å². The minimum atomic E-state index is -0.342. The molecule has 0 spiro atoms. The number of halogens is 2. The van der Waals surface area contributed by atoms with Crippen LogP contribution in [0.2, 0.25) is 0 Å². The molecule has 0 atom stereocenters. The molecule has 3 aromatic rings. The van der Waals surface area contributed by atoms with Crippen LogP contribution in [-0.4, -0.2) is 47.0 Å². The summed E-state index contributed by atoms with van der Waals surface area (Å²) in [6.07, 6.45) is 3.46. The number of anilines is 3. The number of rotatable bonds is 7. The standard InChI is InChI=1S/C19H20BrFN6/c1-27(2)9-8-23-19-25-17(13-4-3-7-22-12-13)11-18(26-19)24-14-5-6-15(20)16(21)10-14/h3-7,10-12H,8-9H2,1-2H3,(H2,23,24,25,26). The summed E-state index contributed by atoms with van der Waals surface area (Å²) < 4.78 is 14.2. The lowest BCUT2D eigenvalue weighted by atomic mass is 10.2. The van der Waals surface area contributed by atoms with Crippen molar-refractivity contribution < 1.29 is 4.39 Å². The average molecular weight is 431 g/mol. The van der Waals surface area contributed by atoms with Crippen molar-refractivity contribution in [2.24, 2.45) is 0 Å². The zero-order valence-electron chi connectivity index (χ0n) is 15.1. The molecular formula is C19H20BrFN6. The first kappa shape index (κ1) is 19.2. The van der Waals surface area contributed by atoms with Crippen LogP contribution in [0.3, 0.4) is 0 Å². The number of nitrogens with zero attached hydrogens (tertiary/aromatic N) is 4. The normalized spacial score (nSPS) is 10.9. The van der Waals surface area contributed by atoms with Crippen LogP contribution < -0.4 is 10.6 Å². The molecule has 0 aliphatic carbocycles. The van der Waals surface area contributed by atoms with Crippen molar-refractivity contribution in [3.63, 3.8) is 0 Å². The van der Waals surface area contributed by atoms with Crippen LogP contribution >= 0.6 is 15.9 Å². The Morgan fingerprint density at radius 3 is 2.70 bits per heavy atom. The summed E-state index contributed by atoms with van der Waals surface area (Å²) in [6.45, 7) is 1.55. The van der Waals surface area contributed by atoms with Crippen molar-refractivity contribution in [3.05, 3.63) is 59.1 Å². The Morgan fingerprint density at radius 2 is 2.00 bits per heavy atom. The zero-order valence-corrected chi connectivity index (χ0v) is 16.7. The van der Waals surface area contributed by atoms with Crippen LogP contribution in [0.5, 0.6) is 0 Å². The number of pyridine rings is 1. The van der Waals surface area contributed by atoms with E-state index in [-0.39, 0.29) is 5.82 Å². The fourth-order valence-electron chi connectivity index (χ4n) is 2.37. The van der Waals surface area contributed by atoms with Crippen LogP contribution in [0.4, 0.5) is 21.8 Å². The van der Waals surface area contributed by atoms with Gasteiger partial charge in [0.05, 0.1) is 10.2 Å². The van der Waals surface area contributed by atoms with E-state index in [0.29, 0.717) is 28.5 Å². The second kappa shape index (κ2) is 8.88. The molecule has 0 bridgehead atoms. The lowest BCUT2D eigenvalue weighted by Crippen LogP contribution is -2.21. The lowest BCUT2D eigenvalue weighted by Gasteiger charge is -2.13. The second-order valence-corrected chi connectivity index (χ2v) is 7.04. The van der Waals surface area contributed by atoms with Gasteiger partial charge >= 0.3 is 0 Å². The van der Waals surface area contributed by atoms with Crippen LogP contribution in [0.25, 0.3) is 11.3 Å². The summed E-state index contributed by atoms with van der Waals surface area (Å²) in [6, 6.07) is 10.4. The Kier molecular flexibility index (Phi) is 6.31. The van der Waals surface area contributed by atoms with Gasteiger partial charge in [0.1, 0.15) is 11.6 Å². The van der Waals surface area contributed by atoms with Gasteiger partial charge in [-0.15, -0.1) is 0 Å². The number of nitrogens with one attached hydrogen (secondary N) is 2. The van der Waals surface area contributed by atoms with Crippen LogP contribution in [0.1, 0.15) is 0 Å². The number of benzene rings is 1. The third-order valence-corrected chi connectivity index (χ3v) is 4.36. The van der Waals surface area contributed by atoms with Crippen LogP contribution in [-0.2, 0) is 0 Å². The molecule has 0 radical (unpaired) electrons. The van der Waals surface area contributed by atoms with Gasteiger partial charge in [-0.1, -0.05) is 0 Å². The Morgan fingerprint density at radius 1 is 1.15 bits per heavy atom. The van der Waals surface area contributed by atoms with Gasteiger partial charge in [0.15, 0.2) is 0 Å². The van der Waals surface area contributed by atoms with Crippen LogP contribution in [0.15, 0.2) is 53.3 Å². The minimum Gasteiger partial charge on any atom is -0.353 e. The Hall–Kier alpha value is -2.58. The molecule has 27 heavy (non-hydrogen) atoms. The maximum atomic E-state index is 13.8. The maximum absolute atomic E-state index is 13.8. The second-order valence-electron chi connectivity index (χ2n) is 6.19. The molecule has 8 heteroatoms. The van der Waals surface area contributed by atoms with E-state index in [0.717, 1.165) is 17.8 Å². The van der Waals surface area contributed by atoms with Crippen LogP contribution in [0, 0.1) is 5.82 Å². The molecular weight excluding hydrogens is 411 g/mol. The highest BCUT2D eigenvalue weighted by Crippen LogP contribution is 2.25. The Bertz CT molecular complexity index is 904. The van der Waals surface area contributed by atoms with E-state index < -0.39 is 0 Å².